The molecule has 0 unspecified atom stereocenters. The van der Waals surface area contributed by atoms with Crippen molar-refractivity contribution < 1.29 is 13.9 Å². The third-order valence-corrected chi connectivity index (χ3v) is 7.60. The van der Waals surface area contributed by atoms with Crippen LogP contribution in [0.15, 0.2) is 64.1 Å². The zero-order valence-electron chi connectivity index (χ0n) is 17.2. The van der Waals surface area contributed by atoms with Crippen molar-refractivity contribution in [3.8, 4) is 5.75 Å². The van der Waals surface area contributed by atoms with Crippen LogP contribution in [-0.4, -0.2) is 23.8 Å². The molecule has 0 radical (unpaired) electrons. The molecule has 32 heavy (non-hydrogen) atoms. The maximum absolute atomic E-state index is 13.2. The number of carbonyl (C=O) groups excluding carboxylic acids is 1. The molecule has 2 aromatic carbocycles. The lowest BCUT2D eigenvalue weighted by Crippen LogP contribution is -2.30. The van der Waals surface area contributed by atoms with Crippen molar-refractivity contribution in [2.75, 3.05) is 17.8 Å². The van der Waals surface area contributed by atoms with Crippen molar-refractivity contribution in [1.29, 1.82) is 0 Å². The van der Waals surface area contributed by atoms with E-state index in [-0.39, 0.29) is 5.91 Å². The number of thiazole rings is 1. The van der Waals surface area contributed by atoms with Crippen LogP contribution in [0.4, 0.5) is 5.13 Å². The van der Waals surface area contributed by atoms with E-state index >= 15 is 0 Å². The third-order valence-electron chi connectivity index (χ3n) is 4.71. The fourth-order valence-corrected chi connectivity index (χ4v) is 5.37. The minimum absolute atomic E-state index is 0.0211. The van der Waals surface area contributed by atoms with Crippen molar-refractivity contribution in [2.45, 2.75) is 24.3 Å². The van der Waals surface area contributed by atoms with Crippen molar-refractivity contribution >= 4 is 67.6 Å². The summed E-state index contributed by atoms with van der Waals surface area (Å²) in [6.07, 6.45) is 2.72. The van der Waals surface area contributed by atoms with Gasteiger partial charge in [0.15, 0.2) is 5.13 Å². The molecule has 0 aliphatic heterocycles. The average Bonchev–Trinajstić information content (AvgIpc) is 3.47. The van der Waals surface area contributed by atoms with Crippen LogP contribution in [0, 0.1) is 0 Å². The third kappa shape index (κ3) is 5.41. The van der Waals surface area contributed by atoms with E-state index in [1.807, 2.05) is 30.3 Å². The van der Waals surface area contributed by atoms with Crippen molar-refractivity contribution in [2.24, 2.45) is 0 Å². The second-order valence-corrected chi connectivity index (χ2v) is 9.88. The van der Waals surface area contributed by atoms with Crippen LogP contribution >= 0.6 is 46.3 Å². The van der Waals surface area contributed by atoms with Gasteiger partial charge < -0.3 is 9.15 Å². The second-order valence-electron chi connectivity index (χ2n) is 6.89. The van der Waals surface area contributed by atoms with Gasteiger partial charge in [0.2, 0.25) is 5.91 Å². The van der Waals surface area contributed by atoms with E-state index in [0.29, 0.717) is 45.2 Å². The topological polar surface area (TPSA) is 55.6 Å². The summed E-state index contributed by atoms with van der Waals surface area (Å²) in [7, 11) is 1.59. The molecular formula is C23H20Cl2N2O3S2. The normalized spacial score (nSPS) is 11.1. The number of halogens is 2. The van der Waals surface area contributed by atoms with E-state index < -0.39 is 0 Å². The first-order valence-corrected chi connectivity index (χ1v) is 12.4. The zero-order valence-corrected chi connectivity index (χ0v) is 20.4. The fraction of sp³-hybridized carbons (Fsp3) is 0.217. The first kappa shape index (κ1) is 23.0. The van der Waals surface area contributed by atoms with Crippen LogP contribution in [0.1, 0.15) is 18.6 Å². The Balaban J connectivity index is 1.50. The molecule has 0 atom stereocenters. The number of thioether (sulfide) groups is 1. The SMILES string of the molecule is COc1ccc(Cl)c2sc(N(Cc3ccco3)C(=O)CCCSc3ccc(Cl)cc3)nc12. The number of rotatable bonds is 9. The van der Waals surface area contributed by atoms with Crippen molar-refractivity contribution in [3.05, 3.63) is 70.6 Å². The Bertz CT molecular complexity index is 1190. The number of fused-ring (bicyclic) bond motifs is 1. The van der Waals surface area contributed by atoms with Crippen LogP contribution in [0.2, 0.25) is 10.0 Å². The summed E-state index contributed by atoms with van der Waals surface area (Å²) in [5, 5.41) is 1.86. The fourth-order valence-electron chi connectivity index (χ4n) is 3.12. The van der Waals surface area contributed by atoms with Gasteiger partial charge in [0.05, 0.1) is 29.6 Å². The number of furan rings is 1. The number of carbonyl (C=O) groups is 1. The van der Waals surface area contributed by atoms with Crippen molar-refractivity contribution in [1.82, 2.24) is 4.98 Å². The first-order chi connectivity index (χ1) is 15.5. The first-order valence-electron chi connectivity index (χ1n) is 9.89. The lowest BCUT2D eigenvalue weighted by Gasteiger charge is -2.18. The minimum Gasteiger partial charge on any atom is -0.494 e. The Hall–Kier alpha value is -2.19. The molecule has 0 aliphatic rings. The molecule has 4 rings (SSSR count). The van der Waals surface area contributed by atoms with E-state index in [1.54, 1.807) is 48.2 Å². The quantitative estimate of drug-likeness (QED) is 0.176. The Morgan fingerprint density at radius 3 is 2.72 bits per heavy atom. The number of aromatic nitrogens is 1. The van der Waals surface area contributed by atoms with E-state index in [2.05, 4.69) is 4.98 Å². The van der Waals surface area contributed by atoms with Gasteiger partial charge in [-0.2, -0.15) is 0 Å². The Labute approximate surface area is 204 Å². The van der Waals surface area contributed by atoms with Crippen LogP contribution in [0.5, 0.6) is 5.75 Å². The second kappa shape index (κ2) is 10.6. The van der Waals surface area contributed by atoms with E-state index in [9.17, 15) is 4.79 Å². The zero-order chi connectivity index (χ0) is 22.5. The largest absolute Gasteiger partial charge is 0.494 e. The molecule has 0 saturated heterocycles. The smallest absolute Gasteiger partial charge is 0.229 e. The average molecular weight is 507 g/mol. The molecule has 5 nitrogen and oxygen atoms in total. The van der Waals surface area contributed by atoms with Gasteiger partial charge in [-0.15, -0.1) is 11.8 Å². The molecule has 0 N–H and O–H groups in total. The standard InChI is InChI=1S/C23H20Cl2N2O3S2/c1-29-19-11-10-18(25)22-21(19)26-23(32-22)27(14-16-4-2-12-30-16)20(28)5-3-13-31-17-8-6-15(24)7-9-17/h2,4,6-12H,3,5,13-14H2,1H3. The monoisotopic (exact) mass is 506 g/mol. The number of methoxy groups -OCH3 is 1. The molecular weight excluding hydrogens is 487 g/mol. The molecule has 0 aliphatic carbocycles. The van der Waals surface area contributed by atoms with E-state index in [0.717, 1.165) is 21.8 Å². The predicted octanol–water partition coefficient (Wildman–Crippen LogP) is 7.31. The van der Waals surface area contributed by atoms with Crippen LogP contribution in [0.3, 0.4) is 0 Å². The number of hydrogen-bond donors (Lipinski definition) is 0. The van der Waals surface area contributed by atoms with Gasteiger partial charge in [-0.05, 0) is 60.7 Å². The Morgan fingerprint density at radius 1 is 1.19 bits per heavy atom. The Kier molecular flexibility index (Phi) is 7.63. The van der Waals surface area contributed by atoms with Gasteiger partial charge in [0, 0.05) is 16.3 Å². The summed E-state index contributed by atoms with van der Waals surface area (Å²) in [5.41, 5.74) is 0.649. The molecule has 0 saturated carbocycles. The molecule has 2 heterocycles. The molecule has 166 valence electrons. The van der Waals surface area contributed by atoms with Crippen LogP contribution in [-0.2, 0) is 11.3 Å². The minimum atomic E-state index is -0.0211. The summed E-state index contributed by atoms with van der Waals surface area (Å²) in [6, 6.07) is 14.9. The van der Waals surface area contributed by atoms with Gasteiger partial charge in [0.1, 0.15) is 17.0 Å². The number of hydrogen-bond acceptors (Lipinski definition) is 6. The van der Waals surface area contributed by atoms with Gasteiger partial charge >= 0.3 is 0 Å². The van der Waals surface area contributed by atoms with Gasteiger partial charge in [-0.25, -0.2) is 4.98 Å². The molecule has 1 amide bonds. The highest BCUT2D eigenvalue weighted by Crippen LogP contribution is 2.39. The number of amides is 1. The highest BCUT2D eigenvalue weighted by atomic mass is 35.5. The Morgan fingerprint density at radius 2 is 2.00 bits per heavy atom. The molecule has 0 fully saturated rings. The van der Waals surface area contributed by atoms with Gasteiger partial charge in [-0.1, -0.05) is 34.5 Å². The molecule has 9 heteroatoms. The van der Waals surface area contributed by atoms with Gasteiger partial charge in [0.25, 0.3) is 0 Å². The number of ether oxygens (including phenoxy) is 1. The highest BCUT2D eigenvalue weighted by Gasteiger charge is 2.23. The summed E-state index contributed by atoms with van der Waals surface area (Å²) in [4.78, 5) is 20.7. The number of benzene rings is 2. The molecule has 4 aromatic rings. The lowest BCUT2D eigenvalue weighted by molar-refractivity contribution is -0.118. The highest BCUT2D eigenvalue weighted by molar-refractivity contribution is 7.99. The summed E-state index contributed by atoms with van der Waals surface area (Å²) in [5.74, 6) is 2.11. The predicted molar refractivity (Wildman–Crippen MR) is 132 cm³/mol. The maximum atomic E-state index is 13.2. The lowest BCUT2D eigenvalue weighted by atomic mass is 10.3. The van der Waals surface area contributed by atoms with E-state index in [1.165, 1.54) is 11.3 Å². The van der Waals surface area contributed by atoms with Crippen molar-refractivity contribution in [3.63, 3.8) is 0 Å². The van der Waals surface area contributed by atoms with Crippen LogP contribution in [0.25, 0.3) is 10.2 Å². The van der Waals surface area contributed by atoms with E-state index in [4.69, 9.17) is 32.4 Å². The maximum Gasteiger partial charge on any atom is 0.229 e. The summed E-state index contributed by atoms with van der Waals surface area (Å²) in [6.45, 7) is 0.302. The summed E-state index contributed by atoms with van der Waals surface area (Å²) < 4.78 is 11.7. The number of anilines is 1. The number of nitrogens with zero attached hydrogens (tertiary/aromatic N) is 2. The molecule has 2 aromatic heterocycles. The molecule has 0 spiro atoms. The van der Waals surface area contributed by atoms with Gasteiger partial charge in [-0.3, -0.25) is 9.69 Å². The van der Waals surface area contributed by atoms with Crippen LogP contribution < -0.4 is 9.64 Å². The molecule has 0 bridgehead atoms. The summed E-state index contributed by atoms with van der Waals surface area (Å²) >= 11 is 15.4.